The smallest absolute Gasteiger partial charge is 0.259 e. The summed E-state index contributed by atoms with van der Waals surface area (Å²) < 4.78 is 5.71. The number of carbonyl (C=O) groups is 1. The van der Waals surface area contributed by atoms with Gasteiger partial charge in [0.25, 0.3) is 5.91 Å². The highest BCUT2D eigenvalue weighted by atomic mass is 16.5. The van der Waals surface area contributed by atoms with E-state index in [1.54, 1.807) is 4.90 Å². The van der Waals surface area contributed by atoms with E-state index < -0.39 is 6.10 Å². The lowest BCUT2D eigenvalue weighted by Gasteiger charge is -2.22. The lowest BCUT2D eigenvalue weighted by atomic mass is 10.1. The molecule has 4 nitrogen and oxygen atoms in total. The number of aliphatic hydroxyl groups excluding tert-OH is 1. The minimum atomic E-state index is -0.770. The van der Waals surface area contributed by atoms with Gasteiger partial charge in [0, 0.05) is 10.9 Å². The Labute approximate surface area is 146 Å². The fourth-order valence-electron chi connectivity index (χ4n) is 3.33. The maximum atomic E-state index is 12.7. The minimum Gasteiger partial charge on any atom is -0.491 e. The summed E-state index contributed by atoms with van der Waals surface area (Å²) in [6, 6.07) is 19.3. The molecule has 0 bridgehead atoms. The van der Waals surface area contributed by atoms with Gasteiger partial charge in [-0.15, -0.1) is 0 Å². The monoisotopic (exact) mass is 333 g/mol. The second kappa shape index (κ2) is 6.22. The van der Waals surface area contributed by atoms with Crippen LogP contribution >= 0.6 is 0 Å². The lowest BCUT2D eigenvalue weighted by molar-refractivity contribution is 0.0913. The zero-order valence-electron chi connectivity index (χ0n) is 14.0. The number of carbonyl (C=O) groups excluding carboxylic acids is 1. The fraction of sp³-hybridized carbons (Fsp3) is 0.190. The molecule has 1 heterocycles. The molecule has 0 saturated heterocycles. The quantitative estimate of drug-likeness (QED) is 0.777. The summed E-state index contributed by atoms with van der Waals surface area (Å²) in [4.78, 5) is 14.4. The number of hydrogen-bond donors (Lipinski definition) is 1. The Balaban J connectivity index is 1.51. The maximum Gasteiger partial charge on any atom is 0.259 e. The molecule has 4 rings (SSSR count). The van der Waals surface area contributed by atoms with Crippen LogP contribution in [0.15, 0.2) is 60.7 Å². The number of benzene rings is 3. The molecule has 3 aromatic carbocycles. The van der Waals surface area contributed by atoms with Crippen molar-refractivity contribution in [1.29, 1.82) is 0 Å². The van der Waals surface area contributed by atoms with Crippen LogP contribution in [0.25, 0.3) is 10.8 Å². The number of anilines is 1. The predicted octanol–water partition coefficient (Wildman–Crippen LogP) is 3.55. The molecule has 4 heteroatoms. The van der Waals surface area contributed by atoms with Crippen molar-refractivity contribution >= 4 is 22.4 Å². The summed E-state index contributed by atoms with van der Waals surface area (Å²) in [5.74, 6) is 0.682. The van der Waals surface area contributed by atoms with Crippen LogP contribution < -0.4 is 9.64 Å². The third-order valence-corrected chi connectivity index (χ3v) is 4.57. The first kappa shape index (κ1) is 15.7. The Bertz CT molecular complexity index is 946. The molecule has 0 fully saturated rings. The van der Waals surface area contributed by atoms with Gasteiger partial charge in [-0.05, 0) is 36.1 Å². The van der Waals surface area contributed by atoms with Gasteiger partial charge in [-0.2, -0.15) is 0 Å². The van der Waals surface area contributed by atoms with Crippen molar-refractivity contribution in [2.75, 3.05) is 18.1 Å². The number of ether oxygens (including phenoxy) is 1. The van der Waals surface area contributed by atoms with Gasteiger partial charge in [-0.25, -0.2) is 0 Å². The molecule has 0 aromatic heterocycles. The lowest BCUT2D eigenvalue weighted by Crippen LogP contribution is -2.37. The molecule has 25 heavy (non-hydrogen) atoms. The normalized spacial score (nSPS) is 14.2. The first-order chi connectivity index (χ1) is 12.1. The first-order valence-corrected chi connectivity index (χ1v) is 8.35. The highest BCUT2D eigenvalue weighted by Crippen LogP contribution is 2.37. The molecule has 0 spiro atoms. The number of amides is 1. The van der Waals surface area contributed by atoms with Crippen molar-refractivity contribution in [2.24, 2.45) is 0 Å². The van der Waals surface area contributed by atoms with Crippen LogP contribution in [0.1, 0.15) is 15.9 Å². The Morgan fingerprint density at radius 3 is 2.60 bits per heavy atom. The summed E-state index contributed by atoms with van der Waals surface area (Å²) in [5.41, 5.74) is 2.57. The highest BCUT2D eigenvalue weighted by Gasteiger charge is 2.30. The summed E-state index contributed by atoms with van der Waals surface area (Å²) in [6.45, 7) is 2.31. The summed E-state index contributed by atoms with van der Waals surface area (Å²) in [6.07, 6.45) is -0.770. The fourth-order valence-corrected chi connectivity index (χ4v) is 3.33. The van der Waals surface area contributed by atoms with Gasteiger partial charge in [-0.1, -0.05) is 42.5 Å². The average Bonchev–Trinajstić information content (AvgIpc) is 2.89. The molecule has 1 amide bonds. The van der Waals surface area contributed by atoms with Crippen LogP contribution in [0.4, 0.5) is 5.69 Å². The van der Waals surface area contributed by atoms with E-state index in [4.69, 9.17) is 4.74 Å². The van der Waals surface area contributed by atoms with Crippen molar-refractivity contribution < 1.29 is 14.6 Å². The SMILES string of the molecule is Cc1ccccc1OCC(O)CN1C(=O)c2cccc3cccc1c23. The van der Waals surface area contributed by atoms with Crippen LogP contribution in [-0.4, -0.2) is 30.3 Å². The molecular weight excluding hydrogens is 314 g/mol. The van der Waals surface area contributed by atoms with Crippen molar-refractivity contribution in [3.63, 3.8) is 0 Å². The first-order valence-electron chi connectivity index (χ1n) is 8.35. The topological polar surface area (TPSA) is 49.8 Å². The van der Waals surface area contributed by atoms with Crippen LogP contribution in [-0.2, 0) is 0 Å². The van der Waals surface area contributed by atoms with Gasteiger partial charge in [0.1, 0.15) is 18.5 Å². The molecule has 0 radical (unpaired) electrons. The average molecular weight is 333 g/mol. The van der Waals surface area contributed by atoms with Gasteiger partial charge in [0.05, 0.1) is 12.2 Å². The van der Waals surface area contributed by atoms with E-state index in [2.05, 4.69) is 0 Å². The van der Waals surface area contributed by atoms with Crippen molar-refractivity contribution in [1.82, 2.24) is 0 Å². The van der Waals surface area contributed by atoms with E-state index in [0.717, 1.165) is 27.8 Å². The van der Waals surface area contributed by atoms with Crippen LogP contribution in [0, 0.1) is 6.92 Å². The molecular formula is C21H19NO3. The largest absolute Gasteiger partial charge is 0.491 e. The third kappa shape index (κ3) is 2.75. The van der Waals surface area contributed by atoms with Crippen molar-refractivity contribution in [2.45, 2.75) is 13.0 Å². The van der Waals surface area contributed by atoms with E-state index in [1.807, 2.05) is 67.6 Å². The minimum absolute atomic E-state index is 0.0678. The van der Waals surface area contributed by atoms with E-state index in [-0.39, 0.29) is 19.1 Å². The summed E-state index contributed by atoms with van der Waals surface area (Å²) >= 11 is 0. The Kier molecular flexibility index (Phi) is 3.90. The highest BCUT2D eigenvalue weighted by molar-refractivity contribution is 6.25. The van der Waals surface area contributed by atoms with E-state index >= 15 is 0 Å². The zero-order valence-corrected chi connectivity index (χ0v) is 14.0. The second-order valence-electron chi connectivity index (χ2n) is 6.33. The molecule has 1 atom stereocenters. The molecule has 1 N–H and O–H groups in total. The molecule has 3 aromatic rings. The summed E-state index contributed by atoms with van der Waals surface area (Å²) in [5, 5.41) is 12.4. The van der Waals surface area contributed by atoms with E-state index in [9.17, 15) is 9.90 Å². The summed E-state index contributed by atoms with van der Waals surface area (Å²) in [7, 11) is 0. The van der Waals surface area contributed by atoms with Crippen LogP contribution in [0.5, 0.6) is 5.75 Å². The zero-order chi connectivity index (χ0) is 17.4. The van der Waals surface area contributed by atoms with Crippen LogP contribution in [0.2, 0.25) is 0 Å². The van der Waals surface area contributed by atoms with E-state index in [0.29, 0.717) is 5.56 Å². The molecule has 0 aliphatic carbocycles. The van der Waals surface area contributed by atoms with E-state index in [1.165, 1.54) is 0 Å². The molecule has 1 aliphatic rings. The van der Waals surface area contributed by atoms with Crippen molar-refractivity contribution in [3.8, 4) is 5.75 Å². The molecule has 1 aliphatic heterocycles. The number of aliphatic hydroxyl groups is 1. The van der Waals surface area contributed by atoms with Crippen LogP contribution in [0.3, 0.4) is 0 Å². The Morgan fingerprint density at radius 1 is 1.04 bits per heavy atom. The van der Waals surface area contributed by atoms with Gasteiger partial charge >= 0.3 is 0 Å². The van der Waals surface area contributed by atoms with Gasteiger partial charge in [-0.3, -0.25) is 4.79 Å². The Morgan fingerprint density at radius 2 is 1.80 bits per heavy atom. The maximum absolute atomic E-state index is 12.7. The predicted molar refractivity (Wildman–Crippen MR) is 98.3 cm³/mol. The van der Waals surface area contributed by atoms with Gasteiger partial charge in [0.2, 0.25) is 0 Å². The third-order valence-electron chi connectivity index (χ3n) is 4.57. The number of hydrogen-bond acceptors (Lipinski definition) is 3. The number of rotatable bonds is 5. The van der Waals surface area contributed by atoms with Gasteiger partial charge < -0.3 is 14.7 Å². The van der Waals surface area contributed by atoms with Crippen molar-refractivity contribution in [3.05, 3.63) is 71.8 Å². The second-order valence-corrected chi connectivity index (χ2v) is 6.33. The Hall–Kier alpha value is -2.85. The standard InChI is InChI=1S/C21H19NO3/c1-14-6-2-3-11-19(14)25-13-16(23)12-22-18-10-5-8-15-7-4-9-17(20(15)18)21(22)24/h2-11,16,23H,12-13H2,1H3. The van der Waals surface area contributed by atoms with Gasteiger partial charge in [0.15, 0.2) is 0 Å². The number of para-hydroxylation sites is 1. The number of β-amino-alcohol motifs (C(OH)–C–C–N with tert-alkyl or cyclic N) is 1. The molecule has 1 unspecified atom stereocenters. The molecule has 126 valence electrons. The molecule has 0 saturated carbocycles. The number of aryl methyl sites for hydroxylation is 1. The number of nitrogens with zero attached hydrogens (tertiary/aromatic N) is 1.